The molecule has 2 heterocycles. The van der Waals surface area contributed by atoms with Crippen LogP contribution in [-0.2, 0) is 6.42 Å². The van der Waals surface area contributed by atoms with Gasteiger partial charge in [-0.25, -0.2) is 0 Å². The quantitative estimate of drug-likeness (QED) is 0.817. The van der Waals surface area contributed by atoms with Gasteiger partial charge in [-0.2, -0.15) is 10.1 Å². The molecule has 7 nitrogen and oxygen atoms in total. The monoisotopic (exact) mass is 357 g/mol. The molecule has 1 N–H and O–H groups in total. The number of anilines is 2. The van der Waals surface area contributed by atoms with E-state index < -0.39 is 0 Å². The van der Waals surface area contributed by atoms with Crippen LogP contribution in [0.5, 0.6) is 11.5 Å². The summed E-state index contributed by atoms with van der Waals surface area (Å²) < 4.78 is 10.6. The average Bonchev–Trinajstić information content (AvgIpc) is 2.68. The summed E-state index contributed by atoms with van der Waals surface area (Å²) in [6.07, 6.45) is 4.97. The first kappa shape index (κ1) is 18.2. The number of ether oxygens (including phenoxy) is 2. The van der Waals surface area contributed by atoms with Crippen molar-refractivity contribution in [3.63, 3.8) is 0 Å². The molecule has 1 fully saturated rings. The van der Waals surface area contributed by atoms with Gasteiger partial charge in [0.05, 0.1) is 20.4 Å². The zero-order valence-corrected chi connectivity index (χ0v) is 15.7. The molecule has 2 aromatic rings. The Morgan fingerprint density at radius 2 is 2.08 bits per heavy atom. The number of rotatable bonds is 7. The Kier molecular flexibility index (Phi) is 6.09. The van der Waals surface area contributed by atoms with Crippen LogP contribution in [0.4, 0.5) is 11.8 Å². The van der Waals surface area contributed by atoms with Gasteiger partial charge in [-0.1, -0.05) is 13.0 Å². The molecular formula is C19H27N5O2. The molecule has 140 valence electrons. The minimum absolute atomic E-state index is 0.675. The van der Waals surface area contributed by atoms with E-state index in [1.54, 1.807) is 20.4 Å². The molecule has 1 aliphatic rings. The van der Waals surface area contributed by atoms with Gasteiger partial charge in [-0.3, -0.25) is 0 Å². The minimum Gasteiger partial charge on any atom is -0.493 e. The molecule has 0 radical (unpaired) electrons. The summed E-state index contributed by atoms with van der Waals surface area (Å²) in [5, 5.41) is 11.6. The van der Waals surface area contributed by atoms with Gasteiger partial charge in [-0.15, -0.1) is 5.10 Å². The molecule has 1 aliphatic heterocycles. The summed E-state index contributed by atoms with van der Waals surface area (Å²) in [5.41, 5.74) is 1.17. The third-order valence-corrected chi connectivity index (χ3v) is 4.66. The SMILES string of the molecule is COc1ccc(CCNc2cnnc(N3CCCC(C)C3)n2)cc1OC. The topological polar surface area (TPSA) is 72.4 Å². The van der Waals surface area contributed by atoms with E-state index in [0.717, 1.165) is 43.4 Å². The summed E-state index contributed by atoms with van der Waals surface area (Å²) in [6, 6.07) is 5.97. The number of aromatic nitrogens is 3. The number of hydrogen-bond acceptors (Lipinski definition) is 7. The fraction of sp³-hybridized carbons (Fsp3) is 0.526. The lowest BCUT2D eigenvalue weighted by Crippen LogP contribution is -2.35. The molecule has 1 aromatic heterocycles. The molecule has 3 rings (SSSR count). The van der Waals surface area contributed by atoms with Gasteiger partial charge >= 0.3 is 0 Å². The number of piperidine rings is 1. The smallest absolute Gasteiger partial charge is 0.247 e. The predicted octanol–water partition coefficient (Wildman–Crippen LogP) is 2.78. The molecule has 0 aliphatic carbocycles. The van der Waals surface area contributed by atoms with Crippen LogP contribution in [0.25, 0.3) is 0 Å². The van der Waals surface area contributed by atoms with E-state index in [-0.39, 0.29) is 0 Å². The van der Waals surface area contributed by atoms with Crippen LogP contribution in [0, 0.1) is 5.92 Å². The largest absolute Gasteiger partial charge is 0.493 e. The van der Waals surface area contributed by atoms with Crippen LogP contribution in [0.1, 0.15) is 25.3 Å². The van der Waals surface area contributed by atoms with Crippen molar-refractivity contribution in [3.8, 4) is 11.5 Å². The lowest BCUT2D eigenvalue weighted by atomic mass is 10.0. The zero-order chi connectivity index (χ0) is 18.4. The second-order valence-electron chi connectivity index (χ2n) is 6.70. The first-order valence-electron chi connectivity index (χ1n) is 9.09. The summed E-state index contributed by atoms with van der Waals surface area (Å²) >= 11 is 0. The van der Waals surface area contributed by atoms with Gasteiger partial charge in [0, 0.05) is 19.6 Å². The molecule has 1 atom stereocenters. The second-order valence-corrected chi connectivity index (χ2v) is 6.70. The van der Waals surface area contributed by atoms with Gasteiger partial charge < -0.3 is 19.7 Å². The summed E-state index contributed by atoms with van der Waals surface area (Å²) in [6.45, 7) is 5.02. The van der Waals surface area contributed by atoms with Gasteiger partial charge in [-0.05, 0) is 42.9 Å². The van der Waals surface area contributed by atoms with E-state index in [2.05, 4.69) is 32.3 Å². The van der Waals surface area contributed by atoms with E-state index in [0.29, 0.717) is 11.9 Å². The van der Waals surface area contributed by atoms with Crippen molar-refractivity contribution >= 4 is 11.8 Å². The molecule has 1 unspecified atom stereocenters. The van der Waals surface area contributed by atoms with Crippen LogP contribution >= 0.6 is 0 Å². The number of methoxy groups -OCH3 is 2. The standard InChI is InChI=1S/C19H27N5O2/c1-14-5-4-10-24(13-14)19-22-18(12-21-23-19)20-9-8-15-6-7-16(25-2)17(11-15)26-3/h6-7,11-12,14H,4-5,8-10,13H2,1-3H3,(H,20,22,23). The molecule has 26 heavy (non-hydrogen) atoms. The average molecular weight is 357 g/mol. The third kappa shape index (κ3) is 4.53. The fourth-order valence-electron chi connectivity index (χ4n) is 3.26. The van der Waals surface area contributed by atoms with E-state index in [1.165, 1.54) is 18.4 Å². The Morgan fingerprint density at radius 3 is 2.85 bits per heavy atom. The maximum atomic E-state index is 5.35. The van der Waals surface area contributed by atoms with Crippen LogP contribution < -0.4 is 19.7 Å². The van der Waals surface area contributed by atoms with Crippen LogP contribution in [0.15, 0.2) is 24.4 Å². The Morgan fingerprint density at radius 1 is 1.23 bits per heavy atom. The van der Waals surface area contributed by atoms with Crippen molar-refractivity contribution in [2.75, 3.05) is 44.1 Å². The minimum atomic E-state index is 0.675. The van der Waals surface area contributed by atoms with E-state index in [1.807, 2.05) is 18.2 Å². The Balaban J connectivity index is 1.57. The lowest BCUT2D eigenvalue weighted by molar-refractivity contribution is 0.354. The highest BCUT2D eigenvalue weighted by molar-refractivity contribution is 5.43. The zero-order valence-electron chi connectivity index (χ0n) is 15.7. The molecule has 0 saturated carbocycles. The highest BCUT2D eigenvalue weighted by Gasteiger charge is 2.19. The summed E-state index contributed by atoms with van der Waals surface area (Å²) in [4.78, 5) is 6.84. The van der Waals surface area contributed by atoms with Gasteiger partial charge in [0.2, 0.25) is 5.95 Å². The van der Waals surface area contributed by atoms with Crippen molar-refractivity contribution in [2.24, 2.45) is 5.92 Å². The Hall–Kier alpha value is -2.57. The molecule has 0 spiro atoms. The number of hydrogen-bond donors (Lipinski definition) is 1. The lowest BCUT2D eigenvalue weighted by Gasteiger charge is -2.30. The molecule has 0 bridgehead atoms. The van der Waals surface area contributed by atoms with Crippen molar-refractivity contribution in [1.82, 2.24) is 15.2 Å². The number of nitrogens with one attached hydrogen (secondary N) is 1. The first-order valence-corrected chi connectivity index (χ1v) is 9.09. The van der Waals surface area contributed by atoms with Gasteiger partial charge in [0.25, 0.3) is 0 Å². The van der Waals surface area contributed by atoms with Crippen LogP contribution in [0.3, 0.4) is 0 Å². The fourth-order valence-corrected chi connectivity index (χ4v) is 3.26. The molecule has 1 saturated heterocycles. The molecule has 0 amide bonds. The normalized spacial score (nSPS) is 17.0. The Labute approximate surface area is 154 Å². The van der Waals surface area contributed by atoms with E-state index in [9.17, 15) is 0 Å². The van der Waals surface area contributed by atoms with E-state index >= 15 is 0 Å². The highest BCUT2D eigenvalue weighted by Crippen LogP contribution is 2.27. The van der Waals surface area contributed by atoms with Crippen molar-refractivity contribution < 1.29 is 9.47 Å². The maximum Gasteiger partial charge on any atom is 0.247 e. The molecule has 7 heteroatoms. The third-order valence-electron chi connectivity index (χ3n) is 4.66. The van der Waals surface area contributed by atoms with Crippen LogP contribution in [-0.4, -0.2) is 49.0 Å². The van der Waals surface area contributed by atoms with E-state index in [4.69, 9.17) is 9.47 Å². The molecule has 1 aromatic carbocycles. The Bertz CT molecular complexity index is 725. The summed E-state index contributed by atoms with van der Waals surface area (Å²) in [7, 11) is 3.29. The predicted molar refractivity (Wildman–Crippen MR) is 102 cm³/mol. The summed E-state index contributed by atoms with van der Waals surface area (Å²) in [5.74, 6) is 3.63. The van der Waals surface area contributed by atoms with Gasteiger partial charge in [0.15, 0.2) is 17.3 Å². The highest BCUT2D eigenvalue weighted by atomic mass is 16.5. The first-order chi connectivity index (χ1) is 12.7. The molecular weight excluding hydrogens is 330 g/mol. The van der Waals surface area contributed by atoms with Crippen molar-refractivity contribution in [3.05, 3.63) is 30.0 Å². The van der Waals surface area contributed by atoms with Gasteiger partial charge in [0.1, 0.15) is 0 Å². The number of nitrogens with zero attached hydrogens (tertiary/aromatic N) is 4. The number of benzene rings is 1. The maximum absolute atomic E-state index is 5.35. The van der Waals surface area contributed by atoms with Crippen molar-refractivity contribution in [1.29, 1.82) is 0 Å². The van der Waals surface area contributed by atoms with Crippen molar-refractivity contribution in [2.45, 2.75) is 26.2 Å². The van der Waals surface area contributed by atoms with Crippen LogP contribution in [0.2, 0.25) is 0 Å². The second kappa shape index (κ2) is 8.69.